The van der Waals surface area contributed by atoms with Crippen LogP contribution in [0.5, 0.6) is 0 Å². The SMILES string of the molecule is O=C(/C=C1/C(=O)C(=O)c2ccccc21)NCc1ccco1. The second-order valence-electron chi connectivity index (χ2n) is 4.56. The average molecular weight is 281 g/mol. The predicted molar refractivity (Wildman–Crippen MR) is 74.3 cm³/mol. The van der Waals surface area contributed by atoms with Crippen LogP contribution in [0.1, 0.15) is 21.7 Å². The number of ketones is 2. The first-order chi connectivity index (χ1) is 10.2. The van der Waals surface area contributed by atoms with Crippen molar-refractivity contribution in [3.05, 3.63) is 65.6 Å². The summed E-state index contributed by atoms with van der Waals surface area (Å²) >= 11 is 0. The molecule has 3 rings (SSSR count). The molecule has 1 aliphatic carbocycles. The molecule has 0 atom stereocenters. The molecular formula is C16H11NO4. The summed E-state index contributed by atoms with van der Waals surface area (Å²) in [5, 5.41) is 2.61. The van der Waals surface area contributed by atoms with Gasteiger partial charge in [0.15, 0.2) is 0 Å². The third-order valence-electron chi connectivity index (χ3n) is 3.21. The summed E-state index contributed by atoms with van der Waals surface area (Å²) in [7, 11) is 0. The van der Waals surface area contributed by atoms with Crippen LogP contribution in [0.3, 0.4) is 0 Å². The van der Waals surface area contributed by atoms with Crippen LogP contribution in [0.15, 0.2) is 53.2 Å². The van der Waals surface area contributed by atoms with Gasteiger partial charge in [0, 0.05) is 17.2 Å². The Morgan fingerprint density at radius 3 is 2.52 bits per heavy atom. The second kappa shape index (κ2) is 5.20. The Labute approximate surface area is 120 Å². The van der Waals surface area contributed by atoms with Gasteiger partial charge in [-0.25, -0.2) is 0 Å². The van der Waals surface area contributed by atoms with E-state index < -0.39 is 17.5 Å². The molecule has 0 spiro atoms. The van der Waals surface area contributed by atoms with E-state index in [0.29, 0.717) is 16.9 Å². The molecule has 1 N–H and O–H groups in total. The number of furan rings is 1. The molecule has 0 aliphatic heterocycles. The molecule has 0 unspecified atom stereocenters. The van der Waals surface area contributed by atoms with Gasteiger partial charge in [-0.2, -0.15) is 0 Å². The molecule has 1 aromatic heterocycles. The summed E-state index contributed by atoms with van der Waals surface area (Å²) in [6.07, 6.45) is 2.67. The van der Waals surface area contributed by atoms with Gasteiger partial charge in [-0.05, 0) is 17.7 Å². The molecule has 0 fully saturated rings. The zero-order valence-corrected chi connectivity index (χ0v) is 11.0. The molecule has 1 amide bonds. The average Bonchev–Trinajstić information content (AvgIpc) is 3.09. The van der Waals surface area contributed by atoms with E-state index in [0.717, 1.165) is 6.08 Å². The molecule has 0 radical (unpaired) electrons. The zero-order chi connectivity index (χ0) is 14.8. The van der Waals surface area contributed by atoms with Crippen molar-refractivity contribution in [2.45, 2.75) is 6.54 Å². The largest absolute Gasteiger partial charge is 0.467 e. The van der Waals surface area contributed by atoms with Crippen LogP contribution in [-0.2, 0) is 16.1 Å². The first-order valence-electron chi connectivity index (χ1n) is 6.37. The first kappa shape index (κ1) is 13.1. The Morgan fingerprint density at radius 2 is 1.81 bits per heavy atom. The van der Waals surface area contributed by atoms with E-state index in [9.17, 15) is 14.4 Å². The van der Waals surface area contributed by atoms with Crippen LogP contribution in [0, 0.1) is 0 Å². The maximum absolute atomic E-state index is 11.9. The van der Waals surface area contributed by atoms with Crippen molar-refractivity contribution >= 4 is 23.0 Å². The van der Waals surface area contributed by atoms with Crippen LogP contribution in [0.2, 0.25) is 0 Å². The number of hydrogen-bond acceptors (Lipinski definition) is 4. The normalized spacial score (nSPS) is 15.3. The van der Waals surface area contributed by atoms with Gasteiger partial charge in [0.2, 0.25) is 17.5 Å². The summed E-state index contributed by atoms with van der Waals surface area (Å²) in [4.78, 5) is 35.6. The highest BCUT2D eigenvalue weighted by atomic mass is 16.3. The number of rotatable bonds is 3. The second-order valence-corrected chi connectivity index (χ2v) is 4.56. The molecule has 1 heterocycles. The lowest BCUT2D eigenvalue weighted by atomic mass is 10.1. The Morgan fingerprint density at radius 1 is 1.05 bits per heavy atom. The molecule has 0 saturated carbocycles. The molecule has 21 heavy (non-hydrogen) atoms. The Kier molecular flexibility index (Phi) is 3.23. The number of benzene rings is 1. The molecule has 104 valence electrons. The number of hydrogen-bond donors (Lipinski definition) is 1. The van der Waals surface area contributed by atoms with Crippen LogP contribution >= 0.6 is 0 Å². The maximum atomic E-state index is 11.9. The summed E-state index contributed by atoms with van der Waals surface area (Å²) < 4.78 is 5.09. The Balaban J connectivity index is 1.81. The highest BCUT2D eigenvalue weighted by Gasteiger charge is 2.33. The summed E-state index contributed by atoms with van der Waals surface area (Å²) in [6, 6.07) is 10.1. The van der Waals surface area contributed by atoms with Crippen molar-refractivity contribution in [1.82, 2.24) is 5.32 Å². The summed E-state index contributed by atoms with van der Waals surface area (Å²) in [5.41, 5.74) is 0.973. The van der Waals surface area contributed by atoms with Gasteiger partial charge >= 0.3 is 0 Å². The lowest BCUT2D eigenvalue weighted by Gasteiger charge is -2.01. The van der Waals surface area contributed by atoms with E-state index in [1.54, 1.807) is 36.4 Å². The van der Waals surface area contributed by atoms with Gasteiger partial charge in [0.05, 0.1) is 12.8 Å². The number of allylic oxidation sites excluding steroid dienone is 1. The fraction of sp³-hybridized carbons (Fsp3) is 0.0625. The lowest BCUT2D eigenvalue weighted by molar-refractivity contribution is -0.117. The van der Waals surface area contributed by atoms with Crippen LogP contribution in [-0.4, -0.2) is 17.5 Å². The highest BCUT2D eigenvalue weighted by Crippen LogP contribution is 2.28. The lowest BCUT2D eigenvalue weighted by Crippen LogP contribution is -2.21. The molecular weight excluding hydrogens is 270 g/mol. The zero-order valence-electron chi connectivity index (χ0n) is 11.0. The van der Waals surface area contributed by atoms with Crippen molar-refractivity contribution in [3.8, 4) is 0 Å². The fourth-order valence-corrected chi connectivity index (χ4v) is 2.20. The molecule has 5 nitrogen and oxygen atoms in total. The predicted octanol–water partition coefficient (Wildman–Crippen LogP) is 1.74. The minimum Gasteiger partial charge on any atom is -0.467 e. The highest BCUT2D eigenvalue weighted by molar-refractivity contribution is 6.63. The van der Waals surface area contributed by atoms with Crippen molar-refractivity contribution in [2.24, 2.45) is 0 Å². The minimum atomic E-state index is -0.649. The quantitative estimate of drug-likeness (QED) is 0.687. The van der Waals surface area contributed by atoms with E-state index in [4.69, 9.17) is 4.42 Å². The van der Waals surface area contributed by atoms with Crippen LogP contribution in [0.25, 0.3) is 5.57 Å². The number of nitrogens with one attached hydrogen (secondary N) is 1. The van der Waals surface area contributed by atoms with Crippen molar-refractivity contribution in [2.75, 3.05) is 0 Å². The number of fused-ring (bicyclic) bond motifs is 1. The molecule has 0 bridgehead atoms. The van der Waals surface area contributed by atoms with Crippen LogP contribution in [0.4, 0.5) is 0 Å². The monoisotopic (exact) mass is 281 g/mol. The molecule has 0 saturated heterocycles. The molecule has 1 aromatic carbocycles. The number of carbonyl (C=O) groups excluding carboxylic acids is 3. The Hall–Kier alpha value is -2.95. The van der Waals surface area contributed by atoms with Crippen molar-refractivity contribution < 1.29 is 18.8 Å². The third-order valence-corrected chi connectivity index (χ3v) is 3.21. The molecule has 5 heteroatoms. The maximum Gasteiger partial charge on any atom is 0.245 e. The van der Waals surface area contributed by atoms with Crippen molar-refractivity contribution in [3.63, 3.8) is 0 Å². The first-order valence-corrected chi connectivity index (χ1v) is 6.37. The van der Waals surface area contributed by atoms with E-state index in [-0.39, 0.29) is 12.1 Å². The summed E-state index contributed by atoms with van der Waals surface area (Å²) in [5.74, 6) is -1.06. The van der Waals surface area contributed by atoms with Gasteiger partial charge < -0.3 is 9.73 Å². The van der Waals surface area contributed by atoms with Gasteiger partial charge in [0.1, 0.15) is 5.76 Å². The van der Waals surface area contributed by atoms with Gasteiger partial charge in [0.25, 0.3) is 0 Å². The standard InChI is InChI=1S/C16H11NO4/c18-14(17-9-10-4-3-7-21-10)8-13-11-5-1-2-6-12(11)15(19)16(13)20/h1-8H,9H2,(H,17,18)/b13-8+. The van der Waals surface area contributed by atoms with E-state index in [2.05, 4.69) is 5.32 Å². The smallest absolute Gasteiger partial charge is 0.245 e. The number of carbonyl (C=O) groups is 3. The van der Waals surface area contributed by atoms with Gasteiger partial charge in [-0.15, -0.1) is 0 Å². The van der Waals surface area contributed by atoms with Gasteiger partial charge in [-0.3, -0.25) is 14.4 Å². The Bertz CT molecular complexity index is 756. The third kappa shape index (κ3) is 2.41. The topological polar surface area (TPSA) is 76.4 Å². The van der Waals surface area contributed by atoms with Crippen LogP contribution < -0.4 is 5.32 Å². The van der Waals surface area contributed by atoms with Crippen molar-refractivity contribution in [1.29, 1.82) is 0 Å². The number of amides is 1. The number of Topliss-reactive ketones (excluding diaryl/α,β-unsaturated/α-hetero) is 2. The molecule has 2 aromatic rings. The molecule has 1 aliphatic rings. The van der Waals surface area contributed by atoms with E-state index in [1.807, 2.05) is 0 Å². The van der Waals surface area contributed by atoms with E-state index >= 15 is 0 Å². The minimum absolute atomic E-state index is 0.132. The van der Waals surface area contributed by atoms with E-state index in [1.165, 1.54) is 6.26 Å². The summed E-state index contributed by atoms with van der Waals surface area (Å²) in [6.45, 7) is 0.222. The fourth-order valence-electron chi connectivity index (χ4n) is 2.20. The van der Waals surface area contributed by atoms with Gasteiger partial charge in [-0.1, -0.05) is 24.3 Å².